The van der Waals surface area contributed by atoms with Crippen LogP contribution in [-0.4, -0.2) is 50.2 Å². The fraction of sp³-hybridized carbons (Fsp3) is 0.467. The summed E-state index contributed by atoms with van der Waals surface area (Å²) >= 11 is 0. The van der Waals surface area contributed by atoms with Gasteiger partial charge in [-0.1, -0.05) is 19.9 Å². The molecule has 0 atom stereocenters. The Kier molecular flexibility index (Phi) is 6.53. The molecule has 7 heteroatoms. The van der Waals surface area contributed by atoms with E-state index in [1.165, 1.54) is 21.3 Å². The molecule has 0 aliphatic rings. The van der Waals surface area contributed by atoms with E-state index in [0.717, 1.165) is 0 Å². The third-order valence-electron chi connectivity index (χ3n) is 3.33. The molecule has 1 aromatic rings. The van der Waals surface area contributed by atoms with Crippen molar-refractivity contribution < 1.29 is 13.2 Å². The molecule has 0 N–H and O–H groups in total. The van der Waals surface area contributed by atoms with E-state index in [0.29, 0.717) is 25.2 Å². The molecule has 0 fully saturated rings. The first kappa shape index (κ1) is 18.1. The van der Waals surface area contributed by atoms with Crippen LogP contribution in [0.1, 0.15) is 30.6 Å². The third-order valence-corrected chi connectivity index (χ3v) is 5.38. The van der Waals surface area contributed by atoms with Crippen LogP contribution in [0.25, 0.3) is 0 Å². The number of amides is 1. The summed E-state index contributed by atoms with van der Waals surface area (Å²) < 4.78 is 26.3. The highest BCUT2D eigenvalue weighted by Crippen LogP contribution is 2.17. The number of nitrogens with zero attached hydrogens (tertiary/aromatic N) is 3. The SMILES string of the molecule is CCN(CC)S(=O)(=O)c1cccc(C(=O)N(C)CCC#N)c1. The number of nitriles is 1. The normalized spacial score (nSPS) is 11.2. The number of carbonyl (C=O) groups excluding carboxylic acids is 1. The highest BCUT2D eigenvalue weighted by molar-refractivity contribution is 7.89. The van der Waals surface area contributed by atoms with Crippen molar-refractivity contribution in [2.45, 2.75) is 25.2 Å². The van der Waals surface area contributed by atoms with Crippen molar-refractivity contribution in [3.05, 3.63) is 29.8 Å². The van der Waals surface area contributed by atoms with Crippen molar-refractivity contribution in [2.75, 3.05) is 26.7 Å². The van der Waals surface area contributed by atoms with Crippen LogP contribution in [0.4, 0.5) is 0 Å². The molecule has 0 saturated carbocycles. The lowest BCUT2D eigenvalue weighted by Gasteiger charge is -2.19. The number of carbonyl (C=O) groups is 1. The molecule has 120 valence electrons. The smallest absolute Gasteiger partial charge is 0.253 e. The van der Waals surface area contributed by atoms with Gasteiger partial charge < -0.3 is 4.90 Å². The lowest BCUT2D eigenvalue weighted by Crippen LogP contribution is -2.31. The van der Waals surface area contributed by atoms with Gasteiger partial charge in [0.2, 0.25) is 10.0 Å². The lowest BCUT2D eigenvalue weighted by atomic mass is 10.2. The van der Waals surface area contributed by atoms with Crippen molar-refractivity contribution in [3.63, 3.8) is 0 Å². The second kappa shape index (κ2) is 7.92. The van der Waals surface area contributed by atoms with Gasteiger partial charge in [-0.3, -0.25) is 4.79 Å². The average molecular weight is 323 g/mol. The second-order valence-corrected chi connectivity index (χ2v) is 6.69. The summed E-state index contributed by atoms with van der Waals surface area (Å²) in [6.07, 6.45) is 0.236. The maximum Gasteiger partial charge on any atom is 0.253 e. The Hall–Kier alpha value is -1.91. The van der Waals surface area contributed by atoms with E-state index in [4.69, 9.17) is 5.26 Å². The molecule has 0 spiro atoms. The maximum absolute atomic E-state index is 12.5. The van der Waals surface area contributed by atoms with Crippen molar-refractivity contribution >= 4 is 15.9 Å². The summed E-state index contributed by atoms with van der Waals surface area (Å²) in [6.45, 7) is 4.60. The molecule has 0 aliphatic heterocycles. The summed E-state index contributed by atoms with van der Waals surface area (Å²) in [6, 6.07) is 7.98. The van der Waals surface area contributed by atoms with Crippen LogP contribution in [0.3, 0.4) is 0 Å². The fourth-order valence-electron chi connectivity index (χ4n) is 2.04. The van der Waals surface area contributed by atoms with E-state index in [2.05, 4.69) is 0 Å². The molecule has 0 saturated heterocycles. The van der Waals surface area contributed by atoms with E-state index in [9.17, 15) is 13.2 Å². The topological polar surface area (TPSA) is 81.5 Å². The number of hydrogen-bond acceptors (Lipinski definition) is 4. The zero-order chi connectivity index (χ0) is 16.8. The first-order valence-corrected chi connectivity index (χ1v) is 8.55. The Labute approximate surface area is 132 Å². The van der Waals surface area contributed by atoms with Gasteiger partial charge in [-0.05, 0) is 18.2 Å². The Morgan fingerprint density at radius 1 is 1.27 bits per heavy atom. The minimum Gasteiger partial charge on any atom is -0.341 e. The van der Waals surface area contributed by atoms with E-state index in [1.54, 1.807) is 33.0 Å². The summed E-state index contributed by atoms with van der Waals surface area (Å²) in [7, 11) is -2.00. The van der Waals surface area contributed by atoms with Crippen LogP contribution in [0.15, 0.2) is 29.2 Å². The van der Waals surface area contributed by atoms with Crippen LogP contribution < -0.4 is 0 Å². The molecule has 0 radical (unpaired) electrons. The first-order valence-electron chi connectivity index (χ1n) is 7.11. The van der Waals surface area contributed by atoms with E-state index in [-0.39, 0.29) is 17.2 Å². The van der Waals surface area contributed by atoms with E-state index < -0.39 is 10.0 Å². The average Bonchev–Trinajstić information content (AvgIpc) is 2.52. The Balaban J connectivity index is 3.10. The molecule has 0 heterocycles. The van der Waals surface area contributed by atoms with Crippen LogP contribution in [0, 0.1) is 11.3 Å². The molecular weight excluding hydrogens is 302 g/mol. The molecule has 0 aliphatic carbocycles. The molecular formula is C15H21N3O3S. The molecule has 22 heavy (non-hydrogen) atoms. The quantitative estimate of drug-likeness (QED) is 0.765. The van der Waals surface area contributed by atoms with Crippen molar-refractivity contribution in [3.8, 4) is 6.07 Å². The predicted octanol–water partition coefficient (Wildman–Crippen LogP) is 1.70. The van der Waals surface area contributed by atoms with Crippen molar-refractivity contribution in [1.82, 2.24) is 9.21 Å². The zero-order valence-corrected chi connectivity index (χ0v) is 13.9. The van der Waals surface area contributed by atoms with Gasteiger partial charge in [-0.2, -0.15) is 9.57 Å². The van der Waals surface area contributed by atoms with Crippen LogP contribution >= 0.6 is 0 Å². The minimum atomic E-state index is -3.59. The second-order valence-electron chi connectivity index (χ2n) is 4.75. The molecule has 0 unspecified atom stereocenters. The Bertz CT molecular complexity index is 661. The van der Waals surface area contributed by atoms with Crippen molar-refractivity contribution in [2.24, 2.45) is 0 Å². The van der Waals surface area contributed by atoms with Crippen LogP contribution in [0.2, 0.25) is 0 Å². The maximum atomic E-state index is 12.5. The summed E-state index contributed by atoms with van der Waals surface area (Å²) in [5.41, 5.74) is 0.300. The fourth-order valence-corrected chi connectivity index (χ4v) is 3.55. The summed E-state index contributed by atoms with van der Waals surface area (Å²) in [5.74, 6) is -0.299. The number of sulfonamides is 1. The molecule has 0 bridgehead atoms. The molecule has 1 rings (SSSR count). The molecule has 6 nitrogen and oxygen atoms in total. The third kappa shape index (κ3) is 4.06. The number of benzene rings is 1. The molecule has 1 amide bonds. The van der Waals surface area contributed by atoms with Crippen LogP contribution in [0.5, 0.6) is 0 Å². The monoisotopic (exact) mass is 323 g/mol. The standard InChI is InChI=1S/C15H21N3O3S/c1-4-18(5-2)22(20,21)14-9-6-8-13(12-14)15(19)17(3)11-7-10-16/h6,8-9,12H,4-5,7,11H2,1-3H3. The zero-order valence-electron chi connectivity index (χ0n) is 13.1. The number of hydrogen-bond donors (Lipinski definition) is 0. The molecule has 1 aromatic carbocycles. The summed E-state index contributed by atoms with van der Waals surface area (Å²) in [5, 5.41) is 8.56. The van der Waals surface area contributed by atoms with Crippen molar-refractivity contribution in [1.29, 1.82) is 5.26 Å². The van der Waals surface area contributed by atoms with Gasteiger partial charge in [0, 0.05) is 32.2 Å². The number of rotatable bonds is 7. The van der Waals surface area contributed by atoms with Gasteiger partial charge in [-0.15, -0.1) is 0 Å². The van der Waals surface area contributed by atoms with Gasteiger partial charge >= 0.3 is 0 Å². The largest absolute Gasteiger partial charge is 0.341 e. The Morgan fingerprint density at radius 2 is 1.91 bits per heavy atom. The van der Waals surface area contributed by atoms with E-state index >= 15 is 0 Å². The van der Waals surface area contributed by atoms with Crippen LogP contribution in [-0.2, 0) is 10.0 Å². The van der Waals surface area contributed by atoms with Gasteiger partial charge in [0.05, 0.1) is 17.4 Å². The highest BCUT2D eigenvalue weighted by atomic mass is 32.2. The van der Waals surface area contributed by atoms with Gasteiger partial charge in [-0.25, -0.2) is 8.42 Å². The van der Waals surface area contributed by atoms with Gasteiger partial charge in [0.15, 0.2) is 0 Å². The van der Waals surface area contributed by atoms with Gasteiger partial charge in [0.1, 0.15) is 0 Å². The lowest BCUT2D eigenvalue weighted by molar-refractivity contribution is 0.0798. The highest BCUT2D eigenvalue weighted by Gasteiger charge is 2.23. The summed E-state index contributed by atoms with van der Waals surface area (Å²) in [4.78, 5) is 13.8. The van der Waals surface area contributed by atoms with E-state index in [1.807, 2.05) is 6.07 Å². The first-order chi connectivity index (χ1) is 10.4. The minimum absolute atomic E-state index is 0.107. The molecule has 0 aromatic heterocycles. The Morgan fingerprint density at radius 3 is 2.45 bits per heavy atom. The van der Waals surface area contributed by atoms with Gasteiger partial charge in [0.25, 0.3) is 5.91 Å². The predicted molar refractivity (Wildman–Crippen MR) is 83.7 cm³/mol.